The Morgan fingerprint density at radius 2 is 2.05 bits per heavy atom. The van der Waals surface area contributed by atoms with Gasteiger partial charge in [0.2, 0.25) is 5.95 Å². The minimum atomic E-state index is -0.152. The van der Waals surface area contributed by atoms with Crippen molar-refractivity contribution >= 4 is 22.4 Å². The highest BCUT2D eigenvalue weighted by atomic mass is 32.1. The molecule has 5 nitrogen and oxygen atoms in total. The first-order chi connectivity index (χ1) is 10.7. The number of H-pyrrole nitrogens is 1. The van der Waals surface area contributed by atoms with Gasteiger partial charge in [0.25, 0.3) is 5.56 Å². The van der Waals surface area contributed by atoms with Gasteiger partial charge in [-0.15, -0.1) is 11.3 Å². The van der Waals surface area contributed by atoms with E-state index in [0.29, 0.717) is 11.1 Å². The van der Waals surface area contributed by atoms with Gasteiger partial charge < -0.3 is 5.32 Å². The molecule has 0 radical (unpaired) electrons. The number of nitrogens with one attached hydrogen (secondary N) is 2. The Labute approximate surface area is 132 Å². The number of aromatic amines is 1. The molecule has 0 saturated heterocycles. The van der Waals surface area contributed by atoms with Crippen molar-refractivity contribution in [2.45, 2.75) is 19.8 Å². The normalized spacial score (nSPS) is 10.6. The van der Waals surface area contributed by atoms with E-state index in [2.05, 4.69) is 27.2 Å². The molecule has 22 heavy (non-hydrogen) atoms. The molecule has 3 aromatic rings. The summed E-state index contributed by atoms with van der Waals surface area (Å²) < 4.78 is 0. The Morgan fingerprint density at radius 3 is 2.82 bits per heavy atom. The number of hydrogen-bond acceptors (Lipinski definition) is 5. The Kier molecular flexibility index (Phi) is 4.29. The summed E-state index contributed by atoms with van der Waals surface area (Å²) in [5.41, 5.74) is 2.60. The van der Waals surface area contributed by atoms with Crippen molar-refractivity contribution in [3.63, 3.8) is 0 Å². The molecule has 2 aromatic heterocycles. The van der Waals surface area contributed by atoms with E-state index in [1.807, 2.05) is 35.7 Å². The van der Waals surface area contributed by atoms with Crippen LogP contribution >= 0.6 is 11.3 Å². The zero-order valence-corrected chi connectivity index (χ0v) is 13.0. The largest absolute Gasteiger partial charge is 0.302 e. The smallest absolute Gasteiger partial charge is 0.252 e. The predicted molar refractivity (Wildman–Crippen MR) is 89.7 cm³/mol. The molecule has 0 spiro atoms. The van der Waals surface area contributed by atoms with E-state index in [1.54, 1.807) is 0 Å². The molecule has 0 aliphatic rings. The molecular formula is C16H16N4OS. The SMILES string of the molecule is CCCc1cc(=O)[nH]c(Nc2nc(-c3ccccc3)cs2)n1. The van der Waals surface area contributed by atoms with Crippen LogP contribution < -0.4 is 10.9 Å². The molecule has 112 valence electrons. The number of aromatic nitrogens is 3. The zero-order chi connectivity index (χ0) is 15.4. The average Bonchev–Trinajstić information content (AvgIpc) is 2.96. The van der Waals surface area contributed by atoms with Crippen molar-refractivity contribution in [2.75, 3.05) is 5.32 Å². The van der Waals surface area contributed by atoms with E-state index in [4.69, 9.17) is 0 Å². The third kappa shape index (κ3) is 3.40. The van der Waals surface area contributed by atoms with Crippen LogP contribution in [0, 0.1) is 0 Å². The first-order valence-electron chi connectivity index (χ1n) is 7.13. The van der Waals surface area contributed by atoms with Gasteiger partial charge in [-0.3, -0.25) is 9.78 Å². The lowest BCUT2D eigenvalue weighted by atomic mass is 10.2. The molecule has 6 heteroatoms. The van der Waals surface area contributed by atoms with Gasteiger partial charge in [0.1, 0.15) is 0 Å². The van der Waals surface area contributed by atoms with Crippen LogP contribution in [0.25, 0.3) is 11.3 Å². The Balaban J connectivity index is 1.82. The second-order valence-corrected chi connectivity index (χ2v) is 5.72. The van der Waals surface area contributed by atoms with E-state index in [0.717, 1.165) is 29.8 Å². The molecular weight excluding hydrogens is 296 g/mol. The van der Waals surface area contributed by atoms with Crippen molar-refractivity contribution in [1.82, 2.24) is 15.0 Å². The van der Waals surface area contributed by atoms with Crippen LogP contribution in [0.4, 0.5) is 11.1 Å². The van der Waals surface area contributed by atoms with Crippen LogP contribution in [-0.2, 0) is 6.42 Å². The molecule has 0 bridgehead atoms. The predicted octanol–water partition coefficient (Wildman–Crippen LogP) is 3.59. The number of rotatable bonds is 5. The lowest BCUT2D eigenvalue weighted by Gasteiger charge is -2.03. The van der Waals surface area contributed by atoms with Crippen LogP contribution in [0.1, 0.15) is 19.0 Å². The van der Waals surface area contributed by atoms with Crippen LogP contribution in [0.2, 0.25) is 0 Å². The van der Waals surface area contributed by atoms with Crippen molar-refractivity contribution in [3.05, 3.63) is 57.8 Å². The van der Waals surface area contributed by atoms with Gasteiger partial charge in [-0.05, 0) is 6.42 Å². The molecule has 0 amide bonds. The third-order valence-electron chi connectivity index (χ3n) is 3.10. The molecule has 0 unspecified atom stereocenters. The van der Waals surface area contributed by atoms with Crippen LogP contribution in [-0.4, -0.2) is 15.0 Å². The highest BCUT2D eigenvalue weighted by Crippen LogP contribution is 2.25. The quantitative estimate of drug-likeness (QED) is 0.755. The second-order valence-electron chi connectivity index (χ2n) is 4.86. The van der Waals surface area contributed by atoms with Crippen molar-refractivity contribution in [3.8, 4) is 11.3 Å². The number of anilines is 2. The van der Waals surface area contributed by atoms with Gasteiger partial charge >= 0.3 is 0 Å². The van der Waals surface area contributed by atoms with Crippen molar-refractivity contribution in [2.24, 2.45) is 0 Å². The Bertz CT molecular complexity index is 810. The minimum Gasteiger partial charge on any atom is -0.302 e. The third-order valence-corrected chi connectivity index (χ3v) is 3.86. The van der Waals surface area contributed by atoms with E-state index in [9.17, 15) is 4.79 Å². The summed E-state index contributed by atoms with van der Waals surface area (Å²) in [5, 5.41) is 5.76. The maximum Gasteiger partial charge on any atom is 0.252 e. The van der Waals surface area contributed by atoms with E-state index in [-0.39, 0.29) is 5.56 Å². The lowest BCUT2D eigenvalue weighted by molar-refractivity contribution is 0.870. The summed E-state index contributed by atoms with van der Waals surface area (Å²) in [6.07, 6.45) is 1.73. The van der Waals surface area contributed by atoms with Gasteiger partial charge in [-0.1, -0.05) is 43.7 Å². The standard InChI is InChI=1S/C16H16N4OS/c1-2-6-12-9-14(21)19-15(17-12)20-16-18-13(10-22-16)11-7-4-3-5-8-11/h3-5,7-10H,2,6H2,1H3,(H2,17,18,19,20,21). The maximum absolute atomic E-state index is 11.7. The molecule has 2 N–H and O–H groups in total. The molecule has 0 aliphatic heterocycles. The fourth-order valence-corrected chi connectivity index (χ4v) is 2.84. The van der Waals surface area contributed by atoms with Gasteiger partial charge in [-0.25, -0.2) is 9.97 Å². The number of hydrogen-bond donors (Lipinski definition) is 2. The van der Waals surface area contributed by atoms with E-state index >= 15 is 0 Å². The summed E-state index contributed by atoms with van der Waals surface area (Å²) in [6.45, 7) is 2.06. The summed E-state index contributed by atoms with van der Waals surface area (Å²) in [6, 6.07) is 11.5. The lowest BCUT2D eigenvalue weighted by Crippen LogP contribution is -2.12. The van der Waals surface area contributed by atoms with Gasteiger partial charge in [0, 0.05) is 22.7 Å². The molecule has 0 saturated carbocycles. The number of thiazole rings is 1. The van der Waals surface area contributed by atoms with Crippen LogP contribution in [0.5, 0.6) is 0 Å². The average molecular weight is 312 g/mol. The molecule has 1 aromatic carbocycles. The number of nitrogens with zero attached hydrogens (tertiary/aromatic N) is 2. The topological polar surface area (TPSA) is 70.7 Å². The minimum absolute atomic E-state index is 0.152. The number of benzene rings is 1. The van der Waals surface area contributed by atoms with Crippen molar-refractivity contribution < 1.29 is 0 Å². The molecule has 0 atom stereocenters. The number of aryl methyl sites for hydroxylation is 1. The fourth-order valence-electron chi connectivity index (χ4n) is 2.13. The zero-order valence-electron chi connectivity index (χ0n) is 12.2. The highest BCUT2D eigenvalue weighted by molar-refractivity contribution is 7.14. The Morgan fingerprint density at radius 1 is 1.23 bits per heavy atom. The second kappa shape index (κ2) is 6.53. The molecule has 2 heterocycles. The highest BCUT2D eigenvalue weighted by Gasteiger charge is 2.06. The van der Waals surface area contributed by atoms with Crippen LogP contribution in [0.15, 0.2) is 46.6 Å². The molecule has 0 fully saturated rings. The van der Waals surface area contributed by atoms with Gasteiger partial charge in [-0.2, -0.15) is 0 Å². The summed E-state index contributed by atoms with van der Waals surface area (Å²) in [4.78, 5) is 23.3. The van der Waals surface area contributed by atoms with Gasteiger partial charge in [0.15, 0.2) is 5.13 Å². The molecule has 3 rings (SSSR count). The van der Waals surface area contributed by atoms with Crippen molar-refractivity contribution in [1.29, 1.82) is 0 Å². The van der Waals surface area contributed by atoms with E-state index in [1.165, 1.54) is 17.4 Å². The summed E-state index contributed by atoms with van der Waals surface area (Å²) in [7, 11) is 0. The Hall–Kier alpha value is -2.47. The maximum atomic E-state index is 11.7. The van der Waals surface area contributed by atoms with Crippen LogP contribution in [0.3, 0.4) is 0 Å². The fraction of sp³-hybridized carbons (Fsp3) is 0.188. The summed E-state index contributed by atoms with van der Waals surface area (Å²) in [5.74, 6) is 0.435. The first kappa shape index (κ1) is 14.5. The first-order valence-corrected chi connectivity index (χ1v) is 8.01. The molecule has 0 aliphatic carbocycles. The van der Waals surface area contributed by atoms with Gasteiger partial charge in [0.05, 0.1) is 5.69 Å². The van der Waals surface area contributed by atoms with E-state index < -0.39 is 0 Å². The summed E-state index contributed by atoms with van der Waals surface area (Å²) >= 11 is 1.48. The monoisotopic (exact) mass is 312 g/mol.